The lowest BCUT2D eigenvalue weighted by Crippen LogP contribution is -2.49. The molecule has 1 aliphatic heterocycles. The summed E-state index contributed by atoms with van der Waals surface area (Å²) in [5.74, 6) is 0.616. The molecule has 0 saturated carbocycles. The van der Waals surface area contributed by atoms with Crippen molar-refractivity contribution >= 4 is 17.7 Å². The predicted octanol–water partition coefficient (Wildman–Crippen LogP) is 1.57. The van der Waals surface area contributed by atoms with E-state index in [-0.39, 0.29) is 11.8 Å². The maximum absolute atomic E-state index is 13.2. The number of hydrogen-bond donors (Lipinski definition) is 2. The average molecular weight is 374 g/mol. The number of hydrogen-bond acceptors (Lipinski definition) is 6. The number of nitrogens with zero attached hydrogens (tertiary/aromatic N) is 4. The van der Waals surface area contributed by atoms with Gasteiger partial charge in [-0.3, -0.25) is 4.90 Å². The van der Waals surface area contributed by atoms with Crippen LogP contribution in [-0.4, -0.2) is 67.3 Å². The molecule has 1 aromatic heterocycles. The van der Waals surface area contributed by atoms with Gasteiger partial charge in [0.05, 0.1) is 12.8 Å². The first kappa shape index (κ1) is 18.8. The number of amides is 2. The van der Waals surface area contributed by atoms with Crippen LogP contribution in [0.4, 0.5) is 20.8 Å². The Balaban J connectivity index is 1.38. The number of carbonyl (C=O) groups is 1. The molecule has 0 aliphatic carbocycles. The third kappa shape index (κ3) is 5.27. The first-order valence-electron chi connectivity index (χ1n) is 8.78. The van der Waals surface area contributed by atoms with Crippen molar-refractivity contribution in [3.63, 3.8) is 0 Å². The second-order valence-electron chi connectivity index (χ2n) is 6.10. The van der Waals surface area contributed by atoms with E-state index in [1.807, 2.05) is 0 Å². The summed E-state index contributed by atoms with van der Waals surface area (Å²) in [6.07, 6.45) is 3.49. The van der Waals surface area contributed by atoms with Crippen molar-refractivity contribution in [1.82, 2.24) is 20.2 Å². The summed E-state index contributed by atoms with van der Waals surface area (Å²) in [7, 11) is 1.43. The van der Waals surface area contributed by atoms with E-state index >= 15 is 0 Å². The fourth-order valence-electron chi connectivity index (χ4n) is 2.89. The molecule has 0 unspecified atom stereocenters. The van der Waals surface area contributed by atoms with E-state index in [0.29, 0.717) is 12.2 Å². The largest absolute Gasteiger partial charge is 0.494 e. The molecule has 144 valence electrons. The van der Waals surface area contributed by atoms with Crippen LogP contribution >= 0.6 is 0 Å². The van der Waals surface area contributed by atoms with Gasteiger partial charge in [-0.25, -0.2) is 19.2 Å². The number of halogens is 1. The number of carbonyl (C=O) groups excluding carboxylic acids is 1. The highest BCUT2D eigenvalue weighted by molar-refractivity contribution is 5.90. The molecule has 3 rings (SSSR count). The Labute approximate surface area is 157 Å². The Morgan fingerprint density at radius 3 is 2.67 bits per heavy atom. The van der Waals surface area contributed by atoms with Gasteiger partial charge < -0.3 is 20.3 Å². The van der Waals surface area contributed by atoms with Crippen molar-refractivity contribution < 1.29 is 13.9 Å². The number of anilines is 2. The summed E-state index contributed by atoms with van der Waals surface area (Å²) < 4.78 is 18.3. The van der Waals surface area contributed by atoms with Gasteiger partial charge in [0.15, 0.2) is 0 Å². The maximum Gasteiger partial charge on any atom is 0.319 e. The normalized spacial score (nSPS) is 14.7. The highest BCUT2D eigenvalue weighted by atomic mass is 19.1. The van der Waals surface area contributed by atoms with Gasteiger partial charge >= 0.3 is 6.03 Å². The van der Waals surface area contributed by atoms with E-state index < -0.39 is 5.82 Å². The smallest absolute Gasteiger partial charge is 0.319 e. The zero-order valence-corrected chi connectivity index (χ0v) is 15.2. The number of piperazine rings is 1. The second-order valence-corrected chi connectivity index (χ2v) is 6.10. The first-order valence-corrected chi connectivity index (χ1v) is 8.78. The standard InChI is InChI=1S/C18H23FN6O2/c1-27-16-13-14(19)3-4-15(16)23-18(26)22-7-8-24-9-11-25(12-10-24)17-20-5-2-6-21-17/h2-6,13H,7-12H2,1H3,(H2,22,23,26). The fourth-order valence-corrected chi connectivity index (χ4v) is 2.89. The quantitative estimate of drug-likeness (QED) is 0.799. The number of ether oxygens (including phenoxy) is 1. The monoisotopic (exact) mass is 374 g/mol. The van der Waals surface area contributed by atoms with Crippen LogP contribution in [0, 0.1) is 5.82 Å². The molecular formula is C18H23FN6O2. The zero-order chi connectivity index (χ0) is 19.1. The van der Waals surface area contributed by atoms with Gasteiger partial charge in [0.25, 0.3) is 0 Å². The molecule has 2 aromatic rings. The lowest BCUT2D eigenvalue weighted by atomic mass is 10.3. The topological polar surface area (TPSA) is 82.6 Å². The van der Waals surface area contributed by atoms with Crippen LogP contribution in [0.5, 0.6) is 5.75 Å². The van der Waals surface area contributed by atoms with Gasteiger partial charge in [-0.15, -0.1) is 0 Å². The molecule has 8 nitrogen and oxygen atoms in total. The Morgan fingerprint density at radius 2 is 1.96 bits per heavy atom. The molecular weight excluding hydrogens is 351 g/mol. The number of methoxy groups -OCH3 is 1. The van der Waals surface area contributed by atoms with E-state index in [9.17, 15) is 9.18 Å². The van der Waals surface area contributed by atoms with Crippen molar-refractivity contribution in [2.45, 2.75) is 0 Å². The first-order chi connectivity index (χ1) is 13.2. The van der Waals surface area contributed by atoms with Crippen molar-refractivity contribution in [3.8, 4) is 5.75 Å². The van der Waals surface area contributed by atoms with Crippen LogP contribution in [0.3, 0.4) is 0 Å². The van der Waals surface area contributed by atoms with Crippen LogP contribution in [-0.2, 0) is 0 Å². The van der Waals surface area contributed by atoms with Gasteiger partial charge in [0.1, 0.15) is 11.6 Å². The molecule has 2 N–H and O–H groups in total. The van der Waals surface area contributed by atoms with Crippen molar-refractivity contribution in [1.29, 1.82) is 0 Å². The van der Waals surface area contributed by atoms with E-state index in [1.165, 1.54) is 25.3 Å². The van der Waals surface area contributed by atoms with Crippen molar-refractivity contribution in [2.75, 3.05) is 56.6 Å². The third-order valence-electron chi connectivity index (χ3n) is 4.33. The van der Waals surface area contributed by atoms with Crippen LogP contribution in [0.15, 0.2) is 36.7 Å². The minimum absolute atomic E-state index is 0.282. The summed E-state index contributed by atoms with van der Waals surface area (Å²) in [6, 6.07) is 5.42. The van der Waals surface area contributed by atoms with Crippen molar-refractivity contribution in [2.24, 2.45) is 0 Å². The molecule has 27 heavy (non-hydrogen) atoms. The van der Waals surface area contributed by atoms with Gasteiger partial charge in [0.2, 0.25) is 5.95 Å². The molecule has 1 aliphatic rings. The molecule has 0 spiro atoms. The number of aromatic nitrogens is 2. The molecule has 1 fully saturated rings. The summed E-state index contributed by atoms with van der Waals surface area (Å²) in [5, 5.41) is 5.48. The van der Waals surface area contributed by atoms with E-state index in [2.05, 4.69) is 30.4 Å². The highest BCUT2D eigenvalue weighted by Gasteiger charge is 2.18. The van der Waals surface area contributed by atoms with Gasteiger partial charge in [-0.2, -0.15) is 0 Å². The maximum atomic E-state index is 13.2. The molecule has 0 bridgehead atoms. The summed E-state index contributed by atoms with van der Waals surface area (Å²) >= 11 is 0. The van der Waals surface area contributed by atoms with E-state index in [1.54, 1.807) is 18.5 Å². The second kappa shape index (κ2) is 9.13. The van der Waals surface area contributed by atoms with Crippen LogP contribution in [0.2, 0.25) is 0 Å². The SMILES string of the molecule is COc1cc(F)ccc1NC(=O)NCCN1CCN(c2ncccn2)CC1. The van der Waals surface area contributed by atoms with Gasteiger partial charge in [0, 0.05) is 57.7 Å². The minimum Gasteiger partial charge on any atom is -0.494 e. The number of benzene rings is 1. The number of urea groups is 1. The molecule has 1 aromatic carbocycles. The lowest BCUT2D eigenvalue weighted by molar-refractivity contribution is 0.240. The van der Waals surface area contributed by atoms with Crippen molar-refractivity contribution in [3.05, 3.63) is 42.5 Å². The summed E-state index contributed by atoms with van der Waals surface area (Å²) in [6.45, 7) is 4.72. The zero-order valence-electron chi connectivity index (χ0n) is 15.2. The highest BCUT2D eigenvalue weighted by Crippen LogP contribution is 2.24. The average Bonchev–Trinajstić information content (AvgIpc) is 2.70. The number of nitrogens with one attached hydrogen (secondary N) is 2. The molecule has 9 heteroatoms. The van der Waals surface area contributed by atoms with Crippen LogP contribution < -0.4 is 20.3 Å². The van der Waals surface area contributed by atoms with Crippen LogP contribution in [0.1, 0.15) is 0 Å². The summed E-state index contributed by atoms with van der Waals surface area (Å²) in [5.41, 5.74) is 0.424. The molecule has 2 amide bonds. The van der Waals surface area contributed by atoms with Gasteiger partial charge in [-0.1, -0.05) is 0 Å². The molecule has 0 radical (unpaired) electrons. The Bertz CT molecular complexity index is 753. The van der Waals surface area contributed by atoms with Gasteiger partial charge in [-0.05, 0) is 18.2 Å². The Morgan fingerprint density at radius 1 is 1.22 bits per heavy atom. The Hall–Kier alpha value is -2.94. The molecule has 1 saturated heterocycles. The fraction of sp³-hybridized carbons (Fsp3) is 0.389. The molecule has 0 atom stereocenters. The predicted molar refractivity (Wildman–Crippen MR) is 101 cm³/mol. The summed E-state index contributed by atoms with van der Waals surface area (Å²) in [4.78, 5) is 25.0. The molecule has 2 heterocycles. The Kier molecular flexibility index (Phi) is 6.37. The van der Waals surface area contributed by atoms with E-state index in [0.717, 1.165) is 38.7 Å². The third-order valence-corrected chi connectivity index (χ3v) is 4.33. The minimum atomic E-state index is -0.419. The number of rotatable bonds is 6. The lowest BCUT2D eigenvalue weighted by Gasteiger charge is -2.34. The van der Waals surface area contributed by atoms with E-state index in [4.69, 9.17) is 4.74 Å². The van der Waals surface area contributed by atoms with Crippen LogP contribution in [0.25, 0.3) is 0 Å².